The van der Waals surface area contributed by atoms with Crippen LogP contribution in [0.4, 0.5) is 5.13 Å². The van der Waals surface area contributed by atoms with Crippen molar-refractivity contribution in [1.29, 1.82) is 0 Å². The van der Waals surface area contributed by atoms with Crippen LogP contribution in [0.3, 0.4) is 0 Å². The van der Waals surface area contributed by atoms with Gasteiger partial charge < -0.3 is 9.80 Å². The van der Waals surface area contributed by atoms with Crippen LogP contribution < -0.4 is 4.90 Å². The molecule has 0 atom stereocenters. The Labute approximate surface area is 204 Å². The topological polar surface area (TPSA) is 105 Å². The van der Waals surface area contributed by atoms with E-state index in [9.17, 15) is 21.6 Å². The molecule has 1 aliphatic heterocycles. The van der Waals surface area contributed by atoms with Crippen LogP contribution in [0.1, 0.15) is 19.4 Å². The molecule has 0 unspecified atom stereocenters. The van der Waals surface area contributed by atoms with Gasteiger partial charge in [0.15, 0.2) is 24.8 Å². The summed E-state index contributed by atoms with van der Waals surface area (Å²) in [6.07, 6.45) is 1.39. The van der Waals surface area contributed by atoms with Crippen LogP contribution in [0.5, 0.6) is 0 Å². The van der Waals surface area contributed by atoms with E-state index in [1.165, 1.54) is 17.6 Å². The van der Waals surface area contributed by atoms with Crippen molar-refractivity contribution in [3.63, 3.8) is 0 Å². The molecular formula is C23H27N3O5S3. The lowest BCUT2D eigenvalue weighted by molar-refractivity contribution is -0.130. The molecule has 0 aliphatic carbocycles. The minimum absolute atomic E-state index is 0.0113. The van der Waals surface area contributed by atoms with Crippen LogP contribution in [0, 0.1) is 0 Å². The Kier molecular flexibility index (Phi) is 6.71. The number of amides is 1. The Morgan fingerprint density at radius 2 is 1.65 bits per heavy atom. The molecule has 1 aliphatic rings. The second-order valence-electron chi connectivity index (χ2n) is 8.65. The van der Waals surface area contributed by atoms with Gasteiger partial charge in [-0.15, -0.1) is 0 Å². The number of thiazole rings is 1. The number of hydrogen-bond donors (Lipinski definition) is 0. The van der Waals surface area contributed by atoms with Gasteiger partial charge in [-0.25, -0.2) is 21.8 Å². The van der Waals surface area contributed by atoms with Gasteiger partial charge in [0.05, 0.1) is 26.2 Å². The zero-order chi connectivity index (χ0) is 24.7. The fourth-order valence-electron chi connectivity index (χ4n) is 3.85. The van der Waals surface area contributed by atoms with Gasteiger partial charge in [-0.3, -0.25) is 4.79 Å². The van der Waals surface area contributed by atoms with Crippen molar-refractivity contribution in [2.45, 2.75) is 35.3 Å². The zero-order valence-electron chi connectivity index (χ0n) is 19.3. The van der Waals surface area contributed by atoms with Gasteiger partial charge >= 0.3 is 0 Å². The van der Waals surface area contributed by atoms with Gasteiger partial charge in [0.2, 0.25) is 5.91 Å². The van der Waals surface area contributed by atoms with E-state index in [1.54, 1.807) is 55.1 Å². The predicted molar refractivity (Wildman–Crippen MR) is 134 cm³/mol. The number of anilines is 1. The lowest BCUT2D eigenvalue weighted by atomic mass is 10.1. The zero-order valence-corrected chi connectivity index (χ0v) is 21.7. The van der Waals surface area contributed by atoms with Gasteiger partial charge in [0, 0.05) is 32.4 Å². The number of fused-ring (bicyclic) bond motifs is 1. The molecule has 0 saturated carbocycles. The first kappa shape index (κ1) is 24.6. The van der Waals surface area contributed by atoms with Gasteiger partial charge in [0.25, 0.3) is 0 Å². The molecule has 0 spiro atoms. The van der Waals surface area contributed by atoms with Crippen LogP contribution in [-0.4, -0.2) is 70.3 Å². The van der Waals surface area contributed by atoms with Crippen molar-refractivity contribution in [2.75, 3.05) is 37.3 Å². The third-order valence-corrected chi connectivity index (χ3v) is 10.3. The summed E-state index contributed by atoms with van der Waals surface area (Å²) in [6.45, 7) is 5.56. The van der Waals surface area contributed by atoms with Crippen molar-refractivity contribution in [3.05, 3.63) is 48.0 Å². The summed E-state index contributed by atoms with van der Waals surface area (Å²) in [5.74, 6) is -0.0113. The highest BCUT2D eigenvalue weighted by Crippen LogP contribution is 2.33. The summed E-state index contributed by atoms with van der Waals surface area (Å²) in [5, 5.41) is 0.254. The first-order valence-electron chi connectivity index (χ1n) is 10.9. The second kappa shape index (κ2) is 9.27. The van der Waals surface area contributed by atoms with E-state index in [4.69, 9.17) is 0 Å². The molecule has 1 fully saturated rings. The summed E-state index contributed by atoms with van der Waals surface area (Å²) >= 11 is 1.45. The molecule has 0 radical (unpaired) electrons. The molecule has 2 aromatic carbocycles. The van der Waals surface area contributed by atoms with Crippen LogP contribution in [-0.2, 0) is 30.9 Å². The molecule has 3 aromatic rings. The average molecular weight is 522 g/mol. The Hall–Kier alpha value is -2.50. The maximum absolute atomic E-state index is 12.8. The Morgan fingerprint density at radius 1 is 1.00 bits per heavy atom. The van der Waals surface area contributed by atoms with E-state index in [2.05, 4.69) is 9.88 Å². The van der Waals surface area contributed by atoms with Crippen molar-refractivity contribution in [2.24, 2.45) is 0 Å². The fraction of sp³-hybridized carbons (Fsp3) is 0.391. The third-order valence-electron chi connectivity index (χ3n) is 5.90. The summed E-state index contributed by atoms with van der Waals surface area (Å²) in [4.78, 5) is 21.8. The molecule has 11 heteroatoms. The molecular weight excluding hydrogens is 494 g/mol. The van der Waals surface area contributed by atoms with Crippen molar-refractivity contribution < 1.29 is 21.6 Å². The first-order chi connectivity index (χ1) is 16.0. The summed E-state index contributed by atoms with van der Waals surface area (Å²) in [5.41, 5.74) is 1.26. The lowest BCUT2D eigenvalue weighted by Crippen LogP contribution is -2.49. The smallest absolute Gasteiger partial charge is 0.227 e. The Bertz CT molecular complexity index is 1420. The first-order valence-corrected chi connectivity index (χ1v) is 15.2. The number of rotatable bonds is 6. The van der Waals surface area contributed by atoms with E-state index in [0.29, 0.717) is 31.7 Å². The number of benzene rings is 2. The Balaban J connectivity index is 1.40. The molecule has 0 N–H and O–H groups in total. The number of hydrogen-bond acceptors (Lipinski definition) is 8. The summed E-state index contributed by atoms with van der Waals surface area (Å²) in [6, 6.07) is 11.7. The number of sulfone groups is 2. The Morgan fingerprint density at radius 3 is 2.24 bits per heavy atom. The SMILES string of the molecule is CC(C)S(=O)(=O)c1ccc(CC(=O)N2CCN(c3nc4c(S(C)(=O)=O)cccc4s3)CC2)cc1. The fourth-order valence-corrected chi connectivity index (χ4v) is 6.85. The number of piperazine rings is 1. The highest BCUT2D eigenvalue weighted by Gasteiger charge is 2.25. The number of nitrogens with zero attached hydrogens (tertiary/aromatic N) is 3. The highest BCUT2D eigenvalue weighted by molar-refractivity contribution is 7.92. The molecule has 34 heavy (non-hydrogen) atoms. The van der Waals surface area contributed by atoms with Crippen LogP contribution in [0.25, 0.3) is 10.2 Å². The van der Waals surface area contributed by atoms with E-state index in [0.717, 1.165) is 15.4 Å². The van der Waals surface area contributed by atoms with Crippen LogP contribution in [0.15, 0.2) is 52.3 Å². The number of carbonyl (C=O) groups is 1. The molecule has 1 amide bonds. The van der Waals surface area contributed by atoms with Gasteiger partial charge in [-0.1, -0.05) is 29.5 Å². The van der Waals surface area contributed by atoms with E-state index < -0.39 is 24.9 Å². The standard InChI is InChI=1S/C23H27N3O5S3/c1-16(2)34(30,31)18-9-7-17(8-10-18)15-21(27)25-11-13-26(14-12-25)23-24-22-19(32-23)5-4-6-20(22)33(3,28)29/h4-10,16H,11-15H2,1-3H3. The van der Waals surface area contributed by atoms with Crippen molar-refractivity contribution in [3.8, 4) is 0 Å². The largest absolute Gasteiger partial charge is 0.345 e. The minimum atomic E-state index is -3.37. The van der Waals surface area contributed by atoms with E-state index in [-0.39, 0.29) is 22.1 Å². The van der Waals surface area contributed by atoms with Crippen LogP contribution in [0.2, 0.25) is 0 Å². The molecule has 182 valence electrons. The van der Waals surface area contributed by atoms with Gasteiger partial charge in [0.1, 0.15) is 5.52 Å². The van der Waals surface area contributed by atoms with Crippen molar-refractivity contribution >= 4 is 52.3 Å². The van der Waals surface area contributed by atoms with Gasteiger partial charge in [-0.05, 0) is 43.7 Å². The quantitative estimate of drug-likeness (QED) is 0.491. The second-order valence-corrected chi connectivity index (χ2v) is 14.2. The van der Waals surface area contributed by atoms with E-state index >= 15 is 0 Å². The molecule has 2 heterocycles. The molecule has 4 rings (SSSR count). The summed E-state index contributed by atoms with van der Waals surface area (Å²) in [7, 11) is -6.71. The highest BCUT2D eigenvalue weighted by atomic mass is 32.2. The maximum atomic E-state index is 12.8. The number of carbonyl (C=O) groups excluding carboxylic acids is 1. The molecule has 1 aromatic heterocycles. The van der Waals surface area contributed by atoms with Gasteiger partial charge in [-0.2, -0.15) is 0 Å². The summed E-state index contributed by atoms with van der Waals surface area (Å²) < 4.78 is 49.5. The minimum Gasteiger partial charge on any atom is -0.345 e. The monoisotopic (exact) mass is 521 g/mol. The lowest BCUT2D eigenvalue weighted by Gasteiger charge is -2.34. The van der Waals surface area contributed by atoms with Crippen molar-refractivity contribution in [1.82, 2.24) is 9.88 Å². The maximum Gasteiger partial charge on any atom is 0.227 e. The number of aromatic nitrogens is 1. The van der Waals surface area contributed by atoms with E-state index in [1.807, 2.05) is 6.07 Å². The predicted octanol–water partition coefficient (Wildman–Crippen LogP) is 2.77. The molecule has 1 saturated heterocycles. The number of para-hydroxylation sites is 1. The molecule has 8 nitrogen and oxygen atoms in total. The normalized spacial score (nSPS) is 15.3. The average Bonchev–Trinajstić information content (AvgIpc) is 3.23. The molecule has 0 bridgehead atoms. The third kappa shape index (κ3) is 4.96. The van der Waals surface area contributed by atoms with Crippen LogP contribution >= 0.6 is 11.3 Å².